The lowest BCUT2D eigenvalue weighted by atomic mass is 10.1. The lowest BCUT2D eigenvalue weighted by Crippen LogP contribution is -1.95. The molecule has 0 aliphatic heterocycles. The zero-order valence-electron chi connectivity index (χ0n) is 15.3. The van der Waals surface area contributed by atoms with Crippen molar-refractivity contribution in [2.75, 3.05) is 18.1 Å². The summed E-state index contributed by atoms with van der Waals surface area (Å²) in [4.78, 5) is 4.68. The highest BCUT2D eigenvalue weighted by atomic mass is 16.5. The van der Waals surface area contributed by atoms with E-state index in [1.165, 1.54) is 6.07 Å². The summed E-state index contributed by atoms with van der Waals surface area (Å²) in [5.41, 5.74) is 15.5. The number of nitrogens with zero attached hydrogens (tertiary/aromatic N) is 3. The summed E-state index contributed by atoms with van der Waals surface area (Å²) in [5.74, 6) is 0.736. The van der Waals surface area contributed by atoms with Crippen LogP contribution in [0.3, 0.4) is 0 Å². The number of nitrogens with two attached hydrogens (primary N) is 2. The van der Waals surface area contributed by atoms with Crippen molar-refractivity contribution in [2.24, 2.45) is 10.2 Å². The number of fused-ring (bicyclic) bond motifs is 2. The first kappa shape index (κ1) is 17.5. The van der Waals surface area contributed by atoms with Gasteiger partial charge in [-0.2, -0.15) is 5.11 Å². The molecule has 7 nitrogen and oxygen atoms in total. The smallest absolute Gasteiger partial charge is 0.145 e. The quantitative estimate of drug-likeness (QED) is 0.262. The summed E-state index contributed by atoms with van der Waals surface area (Å²) in [6.07, 6.45) is 0. The van der Waals surface area contributed by atoms with Crippen molar-refractivity contribution in [3.8, 4) is 11.5 Å². The maximum absolute atomic E-state index is 9.88. The number of aromatic nitrogens is 1. The Morgan fingerprint density at radius 2 is 1.79 bits per heavy atom. The van der Waals surface area contributed by atoms with E-state index < -0.39 is 0 Å². The normalized spacial score (nSPS) is 11.5. The summed E-state index contributed by atoms with van der Waals surface area (Å²) < 4.78 is 5.55. The molecule has 0 aliphatic carbocycles. The van der Waals surface area contributed by atoms with Gasteiger partial charge in [-0.15, -0.1) is 5.11 Å². The molecule has 3 aromatic carbocycles. The molecule has 0 atom stereocenters. The molecule has 4 rings (SSSR count). The van der Waals surface area contributed by atoms with Gasteiger partial charge in [0, 0.05) is 22.5 Å². The number of hydrogen-bond acceptors (Lipinski definition) is 7. The molecule has 1 aromatic heterocycles. The van der Waals surface area contributed by atoms with Crippen LogP contribution in [-0.4, -0.2) is 16.7 Å². The van der Waals surface area contributed by atoms with E-state index in [-0.39, 0.29) is 5.75 Å². The van der Waals surface area contributed by atoms with Gasteiger partial charge in [-0.3, -0.25) is 0 Å². The summed E-state index contributed by atoms with van der Waals surface area (Å²) in [6.45, 7) is 2.52. The van der Waals surface area contributed by atoms with Crippen LogP contribution in [0.2, 0.25) is 0 Å². The Balaban J connectivity index is 1.75. The minimum absolute atomic E-state index is 0.0250. The van der Waals surface area contributed by atoms with Crippen LogP contribution in [0.5, 0.6) is 11.5 Å². The minimum Gasteiger partial charge on any atom is -0.506 e. The van der Waals surface area contributed by atoms with E-state index in [1.54, 1.807) is 24.3 Å². The van der Waals surface area contributed by atoms with Crippen LogP contribution in [0, 0.1) is 0 Å². The second kappa shape index (κ2) is 7.03. The van der Waals surface area contributed by atoms with Gasteiger partial charge in [-0.25, -0.2) is 4.98 Å². The zero-order chi connectivity index (χ0) is 19.7. The van der Waals surface area contributed by atoms with Gasteiger partial charge >= 0.3 is 0 Å². The monoisotopic (exact) mass is 373 g/mol. The van der Waals surface area contributed by atoms with Crippen molar-refractivity contribution in [1.82, 2.24) is 4.98 Å². The lowest BCUT2D eigenvalue weighted by molar-refractivity contribution is 0.341. The number of phenols is 1. The maximum Gasteiger partial charge on any atom is 0.145 e. The molecular weight excluding hydrogens is 354 g/mol. The molecule has 1 heterocycles. The van der Waals surface area contributed by atoms with Crippen LogP contribution in [-0.2, 0) is 0 Å². The Morgan fingerprint density at radius 3 is 2.57 bits per heavy atom. The third-order valence-corrected chi connectivity index (χ3v) is 4.35. The number of nitrogen functional groups attached to an aromatic ring is 2. The lowest BCUT2D eigenvalue weighted by Gasteiger charge is -2.09. The topological polar surface area (TPSA) is 119 Å². The first-order chi connectivity index (χ1) is 13.5. The van der Waals surface area contributed by atoms with Crippen molar-refractivity contribution in [3.63, 3.8) is 0 Å². The summed E-state index contributed by atoms with van der Waals surface area (Å²) >= 11 is 0. The van der Waals surface area contributed by atoms with E-state index in [0.717, 1.165) is 22.0 Å². The highest BCUT2D eigenvalue weighted by Gasteiger charge is 2.09. The number of aromatic hydroxyl groups is 1. The number of azo groups is 1. The molecule has 0 saturated heterocycles. The van der Waals surface area contributed by atoms with E-state index in [0.29, 0.717) is 34.9 Å². The molecule has 4 aromatic rings. The van der Waals surface area contributed by atoms with Gasteiger partial charge in [0.15, 0.2) is 0 Å². The van der Waals surface area contributed by atoms with Crippen LogP contribution < -0.4 is 16.2 Å². The summed E-state index contributed by atoms with van der Waals surface area (Å²) in [5, 5.41) is 19.8. The molecule has 0 unspecified atom stereocenters. The molecule has 28 heavy (non-hydrogen) atoms. The first-order valence-corrected chi connectivity index (χ1v) is 8.81. The highest BCUT2D eigenvalue weighted by Crippen LogP contribution is 2.34. The first-order valence-electron chi connectivity index (χ1n) is 8.81. The number of hydrogen-bond donors (Lipinski definition) is 3. The number of phenolic OH excluding ortho intramolecular Hbond substituents is 1. The summed E-state index contributed by atoms with van der Waals surface area (Å²) in [7, 11) is 0. The summed E-state index contributed by atoms with van der Waals surface area (Å²) in [6, 6.07) is 15.8. The fourth-order valence-corrected chi connectivity index (χ4v) is 3.00. The molecule has 0 amide bonds. The molecule has 0 fully saturated rings. The third-order valence-electron chi connectivity index (χ3n) is 4.35. The van der Waals surface area contributed by atoms with Gasteiger partial charge < -0.3 is 21.3 Å². The number of anilines is 2. The van der Waals surface area contributed by atoms with Crippen molar-refractivity contribution in [1.29, 1.82) is 0 Å². The van der Waals surface area contributed by atoms with E-state index in [2.05, 4.69) is 15.2 Å². The van der Waals surface area contributed by atoms with E-state index in [4.69, 9.17) is 16.2 Å². The van der Waals surface area contributed by atoms with Gasteiger partial charge in [0.1, 0.15) is 17.2 Å². The average Bonchev–Trinajstić information content (AvgIpc) is 2.68. The predicted molar refractivity (Wildman–Crippen MR) is 112 cm³/mol. The number of pyridine rings is 1. The van der Waals surface area contributed by atoms with Crippen LogP contribution in [0.4, 0.5) is 22.7 Å². The van der Waals surface area contributed by atoms with E-state index >= 15 is 0 Å². The molecule has 0 saturated carbocycles. The standard InChI is InChI=1S/C21H19N5O2/c1-2-28-14-5-8-17-16(11-14)21(23)15-6-4-13(10-19(15)24-17)25-26-18-7-3-12(22)9-20(18)27/h3-11,27H,2,22H2,1H3,(H2,23,24)/b26-25+. The Labute approximate surface area is 161 Å². The van der Waals surface area contributed by atoms with Crippen LogP contribution in [0.1, 0.15) is 6.92 Å². The fraction of sp³-hybridized carbons (Fsp3) is 0.0952. The van der Waals surface area contributed by atoms with Crippen molar-refractivity contribution >= 4 is 44.6 Å². The molecule has 0 aliphatic rings. The predicted octanol–water partition coefficient (Wildman–Crippen LogP) is 5.07. The second-order valence-electron chi connectivity index (χ2n) is 6.29. The maximum atomic E-state index is 9.88. The molecular formula is C21H19N5O2. The van der Waals surface area contributed by atoms with Crippen molar-refractivity contribution in [3.05, 3.63) is 54.6 Å². The van der Waals surface area contributed by atoms with Crippen molar-refractivity contribution in [2.45, 2.75) is 6.92 Å². The third kappa shape index (κ3) is 3.25. The Morgan fingerprint density at radius 1 is 0.929 bits per heavy atom. The SMILES string of the molecule is CCOc1ccc2nc3cc(/N=N/c4ccc(N)cc4O)ccc3c(N)c2c1. The largest absolute Gasteiger partial charge is 0.506 e. The van der Waals surface area contributed by atoms with Gasteiger partial charge in [0.05, 0.1) is 29.0 Å². The van der Waals surface area contributed by atoms with Crippen LogP contribution in [0.25, 0.3) is 21.8 Å². The second-order valence-corrected chi connectivity index (χ2v) is 6.29. The van der Waals surface area contributed by atoms with Gasteiger partial charge in [-0.05, 0) is 55.5 Å². The molecule has 0 bridgehead atoms. The molecule has 0 spiro atoms. The van der Waals surface area contributed by atoms with Gasteiger partial charge in [-0.1, -0.05) is 0 Å². The molecule has 140 valence electrons. The van der Waals surface area contributed by atoms with Crippen LogP contribution >= 0.6 is 0 Å². The number of rotatable bonds is 4. The minimum atomic E-state index is -0.0250. The Bertz CT molecular complexity index is 1220. The molecule has 5 N–H and O–H groups in total. The van der Waals surface area contributed by atoms with Crippen molar-refractivity contribution < 1.29 is 9.84 Å². The number of benzene rings is 3. The van der Waals surface area contributed by atoms with E-state index in [1.807, 2.05) is 31.2 Å². The Hall–Kier alpha value is -3.87. The van der Waals surface area contributed by atoms with Crippen LogP contribution in [0.15, 0.2) is 64.8 Å². The molecule has 0 radical (unpaired) electrons. The zero-order valence-corrected chi connectivity index (χ0v) is 15.3. The molecule has 7 heteroatoms. The average molecular weight is 373 g/mol. The highest BCUT2D eigenvalue weighted by molar-refractivity contribution is 6.07. The van der Waals surface area contributed by atoms with Gasteiger partial charge in [0.25, 0.3) is 0 Å². The number of ether oxygens (including phenoxy) is 1. The van der Waals surface area contributed by atoms with E-state index in [9.17, 15) is 5.11 Å². The fourth-order valence-electron chi connectivity index (χ4n) is 3.00. The Kier molecular flexibility index (Phi) is 4.41. The van der Waals surface area contributed by atoms with Gasteiger partial charge in [0.2, 0.25) is 0 Å².